The molecule has 0 aromatic carbocycles. The third-order valence-corrected chi connectivity index (χ3v) is 0.372. The molecule has 1 heterocycles. The van der Waals surface area contributed by atoms with Crippen molar-refractivity contribution in [2.75, 3.05) is 0 Å². The number of rotatable bonds is 0. The Kier molecular flexibility index (Phi) is 159. The average Bonchev–Trinajstić information content (AvgIpc) is 2.11. The summed E-state index contributed by atoms with van der Waals surface area (Å²) in [5.74, 6) is 0. The second-order valence-electron chi connectivity index (χ2n) is 1.34. The van der Waals surface area contributed by atoms with E-state index in [-0.39, 0.29) is 67.8 Å². The van der Waals surface area contributed by atoms with E-state index >= 15 is 0 Å². The minimum absolute atomic E-state index is 0. The number of aliphatic hydroxyl groups excluding tert-OH is 1. The summed E-state index contributed by atoms with van der Waals surface area (Å²) in [5.41, 5.74) is 0. The molecule has 12 N–H and O–H groups in total. The molecule has 0 aliphatic carbocycles. The van der Waals surface area contributed by atoms with Crippen LogP contribution in [0.1, 0.15) is 8.35 Å². The molecular formula is C5H20N2O7Rh2. The van der Waals surface area contributed by atoms with E-state index in [2.05, 4.69) is 9.97 Å². The van der Waals surface area contributed by atoms with Crippen molar-refractivity contribution in [1.29, 1.82) is 0 Å². The van der Waals surface area contributed by atoms with Gasteiger partial charge in [0, 0.05) is 39.0 Å². The van der Waals surface area contributed by atoms with Gasteiger partial charge in [0.05, 0.1) is 0 Å². The first-order valence-electron chi connectivity index (χ1n) is 2.46. The Balaban J connectivity index is -0.00000000740. The van der Waals surface area contributed by atoms with Gasteiger partial charge >= 0.3 is 1.43 Å². The number of hydrogen-bond donors (Lipinski definition) is 2. The molecule has 1 aromatic heterocycles. The maximum absolute atomic E-state index is 7.61. The number of aliphatic hydroxyl groups is 2. The number of aromatic nitrogens is 2. The van der Waals surface area contributed by atoms with Crippen LogP contribution in [0.3, 0.4) is 0 Å². The summed E-state index contributed by atoms with van der Waals surface area (Å²) in [7, 11) is 0. The molecule has 1 rings (SSSR count). The van der Waals surface area contributed by atoms with Crippen molar-refractivity contribution in [2.45, 2.75) is 13.2 Å². The van der Waals surface area contributed by atoms with Gasteiger partial charge in [0.2, 0.25) is 0 Å². The van der Waals surface area contributed by atoms with Gasteiger partial charge in [0.15, 0.2) is 0 Å². The fourth-order valence-electron chi connectivity index (χ4n) is 0.192. The molecule has 9 nitrogen and oxygen atoms in total. The zero-order chi connectivity index (χ0) is 7.11. The summed E-state index contributed by atoms with van der Waals surface area (Å²) in [6.45, 7) is 1.28. The van der Waals surface area contributed by atoms with Gasteiger partial charge in [-0.2, -0.15) is 0 Å². The maximum atomic E-state index is 7.61. The van der Waals surface area contributed by atoms with Crippen molar-refractivity contribution in [3.05, 3.63) is 18.7 Å². The van der Waals surface area contributed by atoms with Crippen LogP contribution < -0.4 is 4.98 Å². The first-order chi connectivity index (χ1) is 4.23. The summed E-state index contributed by atoms with van der Waals surface area (Å²) < 4.78 is 0. The molecule has 0 aliphatic heterocycles. The third kappa shape index (κ3) is 91.8. The molecule has 1 aromatic rings. The minimum atomic E-state index is -1.17. The molecule has 0 saturated carbocycles. The Morgan fingerprint density at radius 1 is 1.06 bits per heavy atom. The average molecular weight is 426 g/mol. The number of nitrogens with zero attached hydrogens (tertiary/aromatic N) is 2. The molecule has 0 fully saturated rings. The quantitative estimate of drug-likeness (QED) is 0.308. The van der Waals surface area contributed by atoms with Crippen LogP contribution in [0, 0.1) is 0 Å². The first-order valence-corrected chi connectivity index (χ1v) is 2.46. The zero-order valence-electron chi connectivity index (χ0n) is 9.26. The van der Waals surface area contributed by atoms with Crippen molar-refractivity contribution >= 4 is 0 Å². The molecule has 110 valence electrons. The molecule has 2 radical (unpaired) electrons. The van der Waals surface area contributed by atoms with E-state index in [1.165, 1.54) is 13.3 Å². The van der Waals surface area contributed by atoms with Gasteiger partial charge in [-0.25, -0.2) is 0 Å². The summed E-state index contributed by atoms with van der Waals surface area (Å²) in [4.78, 5) is 7.22. The van der Waals surface area contributed by atoms with Crippen LogP contribution in [0.5, 0.6) is 0 Å². The molecule has 0 atom stereocenters. The van der Waals surface area contributed by atoms with Gasteiger partial charge in [0.1, 0.15) is 6.29 Å². The monoisotopic (exact) mass is 426 g/mol. The first kappa shape index (κ1) is 55.7. The Morgan fingerprint density at radius 2 is 1.38 bits per heavy atom. The molecule has 0 saturated heterocycles. The Bertz CT molecular complexity index is 118. The smallest absolute Gasteiger partial charge is 0.450 e. The number of hydrogen-bond acceptors (Lipinski definition) is 3. The van der Waals surface area contributed by atoms with Gasteiger partial charge in [-0.15, -0.1) is 0 Å². The van der Waals surface area contributed by atoms with Gasteiger partial charge in [-0.1, -0.05) is 18.7 Å². The maximum Gasteiger partial charge on any atom is 1.00 e. The molecule has 0 amide bonds. The summed E-state index contributed by atoms with van der Waals surface area (Å²) >= 11 is 0. The molecule has 16 heavy (non-hydrogen) atoms. The molecule has 0 unspecified atom stereocenters. The standard InChI is InChI=1S/C3H3N2.C2H6O2.5H2O.2Rh/c1-2-5-3-4-1;1-2(3)4;;;;;;;/h1-3H;2-4H,1H3;5*1H2;;/q-1;;;;;;;;/p+1. The second kappa shape index (κ2) is 45.6. The van der Waals surface area contributed by atoms with Crippen LogP contribution in [0.25, 0.3) is 0 Å². The van der Waals surface area contributed by atoms with Gasteiger partial charge in [0.25, 0.3) is 0 Å². The van der Waals surface area contributed by atoms with Crippen LogP contribution in [0.15, 0.2) is 18.7 Å². The van der Waals surface area contributed by atoms with E-state index in [9.17, 15) is 0 Å². The zero-order valence-corrected chi connectivity index (χ0v) is 11.5. The van der Waals surface area contributed by atoms with Crippen molar-refractivity contribution in [3.8, 4) is 0 Å². The normalized spacial score (nSPS) is 4.75. The van der Waals surface area contributed by atoms with E-state index in [4.69, 9.17) is 10.2 Å². The Labute approximate surface area is 120 Å². The predicted octanol–water partition coefficient (Wildman–Crippen LogP) is -4.66. The fourth-order valence-corrected chi connectivity index (χ4v) is 0.192. The van der Waals surface area contributed by atoms with Crippen LogP contribution in [-0.2, 0) is 39.0 Å². The molecular weight excluding hydrogens is 406 g/mol. The molecule has 0 bridgehead atoms. The van der Waals surface area contributed by atoms with Gasteiger partial charge in [-0.3, -0.25) is 0 Å². The molecule has 0 aliphatic rings. The Hall–Kier alpha value is 0.177. The minimum Gasteiger partial charge on any atom is -0.450 e. The van der Waals surface area contributed by atoms with E-state index in [0.717, 1.165) is 0 Å². The van der Waals surface area contributed by atoms with Crippen molar-refractivity contribution < 1.29 is 78.0 Å². The summed E-state index contributed by atoms with van der Waals surface area (Å²) in [6, 6.07) is 0. The van der Waals surface area contributed by atoms with Crippen molar-refractivity contribution in [3.63, 3.8) is 0 Å². The SMILES string of the molecule is CC(O)O.O.O.O.O.O.[H+].[Rh].[Rh].c1c[n-]cn1. The van der Waals surface area contributed by atoms with Crippen LogP contribution in [0.2, 0.25) is 0 Å². The van der Waals surface area contributed by atoms with Gasteiger partial charge in [-0.05, 0) is 6.92 Å². The predicted molar refractivity (Wildman–Crippen MR) is 50.6 cm³/mol. The number of imidazole rings is 1. The van der Waals surface area contributed by atoms with E-state index < -0.39 is 6.29 Å². The van der Waals surface area contributed by atoms with E-state index in [0.29, 0.717) is 0 Å². The van der Waals surface area contributed by atoms with E-state index in [1.54, 1.807) is 12.4 Å². The third-order valence-electron chi connectivity index (χ3n) is 0.372. The summed E-state index contributed by atoms with van der Waals surface area (Å²) in [6.07, 6.45) is 3.61. The topological polar surface area (TPSA) is 225 Å². The van der Waals surface area contributed by atoms with Crippen molar-refractivity contribution in [2.24, 2.45) is 0 Å². The second-order valence-corrected chi connectivity index (χ2v) is 1.34. The molecule has 11 heteroatoms. The van der Waals surface area contributed by atoms with Crippen LogP contribution in [-0.4, -0.2) is 48.9 Å². The molecule has 0 spiro atoms. The van der Waals surface area contributed by atoms with Crippen LogP contribution in [0.4, 0.5) is 0 Å². The Morgan fingerprint density at radius 3 is 1.44 bits per heavy atom. The van der Waals surface area contributed by atoms with Crippen LogP contribution >= 0.6 is 0 Å². The largest absolute Gasteiger partial charge is 1.00 e. The fraction of sp³-hybridized carbons (Fsp3) is 0.400. The summed E-state index contributed by atoms with van der Waals surface area (Å²) in [5, 5.41) is 15.2. The van der Waals surface area contributed by atoms with Gasteiger partial charge < -0.3 is 47.6 Å². The van der Waals surface area contributed by atoms with E-state index in [1.807, 2.05) is 0 Å². The van der Waals surface area contributed by atoms with Crippen molar-refractivity contribution in [1.82, 2.24) is 9.97 Å².